The molecule has 12 heteroatoms. The molecule has 1 aromatic heterocycles. The van der Waals surface area contributed by atoms with Gasteiger partial charge in [0, 0.05) is 6.26 Å². The number of anilines is 1. The molecule has 2 aromatic rings. The topological polar surface area (TPSA) is 135 Å². The van der Waals surface area contributed by atoms with Crippen molar-refractivity contribution in [1.29, 1.82) is 0 Å². The number of aromatic nitrogens is 1. The molecule has 3 amide bonds. The number of imide groups is 1. The van der Waals surface area contributed by atoms with E-state index in [0.29, 0.717) is 5.75 Å². The monoisotopic (exact) mass is 518 g/mol. The van der Waals surface area contributed by atoms with Gasteiger partial charge in [0.1, 0.15) is 15.4 Å². The summed E-state index contributed by atoms with van der Waals surface area (Å²) in [4.78, 5) is 46.7. The minimum absolute atomic E-state index is 0.00660. The summed E-state index contributed by atoms with van der Waals surface area (Å²) < 4.78 is 35.8. The number of likely N-dealkylation sites (N-methyl/N-ethyl adjacent to an activating group) is 1. The van der Waals surface area contributed by atoms with E-state index in [1.165, 1.54) is 32.2 Å². The summed E-state index contributed by atoms with van der Waals surface area (Å²) in [6, 6.07) is 7.57. The zero-order valence-electron chi connectivity index (χ0n) is 21.1. The van der Waals surface area contributed by atoms with Gasteiger partial charge in [-0.3, -0.25) is 19.3 Å². The first kappa shape index (κ1) is 27.1. The third-order valence-corrected chi connectivity index (χ3v) is 6.65. The second-order valence-electron chi connectivity index (χ2n) is 8.94. The average molecular weight is 519 g/mol. The lowest BCUT2D eigenvalue weighted by Gasteiger charge is -2.36. The molecule has 0 aliphatic carbocycles. The molecule has 1 aliphatic heterocycles. The molecule has 1 aliphatic rings. The number of carbonyl (C=O) groups excluding carboxylic acids is 3. The number of amides is 3. The molecule has 0 fully saturated rings. The van der Waals surface area contributed by atoms with Crippen molar-refractivity contribution in [3.63, 3.8) is 0 Å². The zero-order chi connectivity index (χ0) is 26.8. The maximum absolute atomic E-state index is 13.7. The van der Waals surface area contributed by atoms with E-state index in [0.717, 1.165) is 11.2 Å². The lowest BCUT2D eigenvalue weighted by Crippen LogP contribution is -2.52. The number of hydrogen-bond donors (Lipinski definition) is 1. The van der Waals surface area contributed by atoms with Crippen molar-refractivity contribution >= 4 is 33.2 Å². The molecule has 0 spiro atoms. The molecule has 0 radical (unpaired) electrons. The smallest absolute Gasteiger partial charge is 0.264 e. The van der Waals surface area contributed by atoms with Crippen LogP contribution in [0.3, 0.4) is 0 Å². The van der Waals surface area contributed by atoms with Crippen molar-refractivity contribution in [2.75, 3.05) is 51.7 Å². The first-order valence-electron chi connectivity index (χ1n) is 11.1. The van der Waals surface area contributed by atoms with Crippen LogP contribution in [0.4, 0.5) is 5.69 Å². The summed E-state index contributed by atoms with van der Waals surface area (Å²) in [5.74, 6) is -1.97. The van der Waals surface area contributed by atoms with E-state index >= 15 is 0 Å². The van der Waals surface area contributed by atoms with Gasteiger partial charge in [0.05, 0.1) is 48.5 Å². The lowest BCUT2D eigenvalue weighted by molar-refractivity contribution is -0.116. The third kappa shape index (κ3) is 5.34. The highest BCUT2D eigenvalue weighted by Gasteiger charge is 2.51. The standard InChI is InChI=1S/C24H30N4O7S/c1-7-35-21-17(34-5)11-12-18(26-21)24(2,14-36(6,32)33)28-22(30)15-9-8-10-16(20(15)23(28)31)25-19(29)13-27(3)4/h8-12H,7,13-14H2,1-6H3,(H,25,29)/t24-/m1/s1. The van der Waals surface area contributed by atoms with Crippen molar-refractivity contribution in [3.8, 4) is 11.6 Å². The summed E-state index contributed by atoms with van der Waals surface area (Å²) in [5.41, 5.74) is -1.35. The molecule has 11 nitrogen and oxygen atoms in total. The van der Waals surface area contributed by atoms with E-state index in [1.807, 2.05) is 0 Å². The van der Waals surface area contributed by atoms with Crippen LogP contribution in [-0.2, 0) is 20.2 Å². The Balaban J connectivity index is 2.15. The Hall–Kier alpha value is -3.51. The predicted molar refractivity (Wildman–Crippen MR) is 133 cm³/mol. The number of sulfone groups is 1. The fourth-order valence-electron chi connectivity index (χ4n) is 4.20. The summed E-state index contributed by atoms with van der Waals surface area (Å²) >= 11 is 0. The molecule has 1 atom stereocenters. The Morgan fingerprint density at radius 1 is 1.17 bits per heavy atom. The Morgan fingerprint density at radius 3 is 2.44 bits per heavy atom. The number of ether oxygens (including phenoxy) is 2. The zero-order valence-corrected chi connectivity index (χ0v) is 21.9. The minimum atomic E-state index is -3.72. The van der Waals surface area contributed by atoms with Crippen LogP contribution in [0.5, 0.6) is 11.6 Å². The Morgan fingerprint density at radius 2 is 1.86 bits per heavy atom. The minimum Gasteiger partial charge on any atom is -0.491 e. The fraction of sp³-hybridized carbons (Fsp3) is 0.417. The number of rotatable bonds is 10. The van der Waals surface area contributed by atoms with Crippen molar-refractivity contribution < 1.29 is 32.3 Å². The second kappa shape index (κ2) is 10.2. The highest BCUT2D eigenvalue weighted by molar-refractivity contribution is 7.90. The molecule has 36 heavy (non-hydrogen) atoms. The number of methoxy groups -OCH3 is 1. The van der Waals surface area contributed by atoms with Gasteiger partial charge in [0.25, 0.3) is 17.7 Å². The van der Waals surface area contributed by atoms with Crippen molar-refractivity contribution in [2.24, 2.45) is 0 Å². The second-order valence-corrected chi connectivity index (χ2v) is 11.1. The number of hydrogen-bond acceptors (Lipinski definition) is 9. The average Bonchev–Trinajstić information content (AvgIpc) is 3.03. The maximum atomic E-state index is 13.7. The summed E-state index contributed by atoms with van der Waals surface area (Å²) in [7, 11) is 1.16. The predicted octanol–water partition coefficient (Wildman–Crippen LogP) is 1.54. The number of benzene rings is 1. The highest BCUT2D eigenvalue weighted by atomic mass is 32.2. The molecule has 1 aromatic carbocycles. The van der Waals surface area contributed by atoms with Crippen LogP contribution < -0.4 is 14.8 Å². The van der Waals surface area contributed by atoms with Crippen LogP contribution in [0.1, 0.15) is 40.3 Å². The number of nitrogens with zero attached hydrogens (tertiary/aromatic N) is 3. The van der Waals surface area contributed by atoms with Gasteiger partial charge >= 0.3 is 0 Å². The first-order valence-corrected chi connectivity index (χ1v) is 13.2. The fourth-order valence-corrected chi connectivity index (χ4v) is 5.50. The maximum Gasteiger partial charge on any atom is 0.264 e. The van der Waals surface area contributed by atoms with Crippen molar-refractivity contribution in [2.45, 2.75) is 19.4 Å². The van der Waals surface area contributed by atoms with Gasteiger partial charge in [-0.15, -0.1) is 0 Å². The third-order valence-electron chi connectivity index (χ3n) is 5.56. The van der Waals surface area contributed by atoms with Crippen LogP contribution in [-0.4, -0.2) is 87.3 Å². The molecule has 194 valence electrons. The van der Waals surface area contributed by atoms with Crippen LogP contribution in [0, 0.1) is 0 Å². The van der Waals surface area contributed by atoms with E-state index in [2.05, 4.69) is 10.3 Å². The quantitative estimate of drug-likeness (QED) is 0.465. The molecular weight excluding hydrogens is 488 g/mol. The molecule has 0 saturated carbocycles. The Bertz CT molecular complexity index is 1310. The van der Waals surface area contributed by atoms with Gasteiger partial charge in [-0.05, 0) is 52.2 Å². The van der Waals surface area contributed by atoms with E-state index in [1.54, 1.807) is 38.1 Å². The number of pyridine rings is 1. The summed E-state index contributed by atoms with van der Waals surface area (Å²) in [5, 5.41) is 2.67. The van der Waals surface area contributed by atoms with Gasteiger partial charge in [-0.25, -0.2) is 13.4 Å². The molecule has 1 N–H and O–H groups in total. The van der Waals surface area contributed by atoms with E-state index in [9.17, 15) is 22.8 Å². The van der Waals surface area contributed by atoms with Crippen LogP contribution in [0.15, 0.2) is 30.3 Å². The van der Waals surface area contributed by atoms with E-state index in [4.69, 9.17) is 9.47 Å². The number of carbonyl (C=O) groups is 3. The first-order chi connectivity index (χ1) is 16.8. The molecule has 3 rings (SSSR count). The van der Waals surface area contributed by atoms with Crippen molar-refractivity contribution in [1.82, 2.24) is 14.8 Å². The Kier molecular flexibility index (Phi) is 7.70. The van der Waals surface area contributed by atoms with Crippen molar-refractivity contribution in [3.05, 3.63) is 47.2 Å². The van der Waals surface area contributed by atoms with E-state index < -0.39 is 32.9 Å². The van der Waals surface area contributed by atoms with Gasteiger partial charge in [-0.2, -0.15) is 0 Å². The van der Waals surface area contributed by atoms with Crippen LogP contribution in [0.25, 0.3) is 0 Å². The van der Waals surface area contributed by atoms with Crippen LogP contribution >= 0.6 is 0 Å². The van der Waals surface area contributed by atoms with Gasteiger partial charge in [-0.1, -0.05) is 6.07 Å². The number of fused-ring (bicyclic) bond motifs is 1. The summed E-state index contributed by atoms with van der Waals surface area (Å²) in [6.07, 6.45) is 1.02. The van der Waals surface area contributed by atoms with Gasteiger partial charge in [0.2, 0.25) is 5.91 Å². The van der Waals surface area contributed by atoms with E-state index in [-0.39, 0.29) is 47.4 Å². The lowest BCUT2D eigenvalue weighted by atomic mass is 9.96. The van der Waals surface area contributed by atoms with Gasteiger partial charge < -0.3 is 19.7 Å². The molecule has 0 saturated heterocycles. The Labute approximate surface area is 210 Å². The largest absolute Gasteiger partial charge is 0.491 e. The van der Waals surface area contributed by atoms with Gasteiger partial charge in [0.15, 0.2) is 5.75 Å². The number of nitrogens with one attached hydrogen (secondary N) is 1. The molecule has 2 heterocycles. The molecular formula is C24H30N4O7S. The highest BCUT2D eigenvalue weighted by Crippen LogP contribution is 2.40. The van der Waals surface area contributed by atoms with Crippen LogP contribution in [0.2, 0.25) is 0 Å². The molecule has 0 bridgehead atoms. The SMILES string of the molecule is CCOc1nc([C@@](C)(CS(C)(=O)=O)N2C(=O)c3cccc(NC(=O)CN(C)C)c3C2=O)ccc1OC. The normalized spacial score (nSPS) is 15.0. The molecule has 0 unspecified atom stereocenters. The summed E-state index contributed by atoms with van der Waals surface area (Å²) in [6.45, 7) is 3.54.